The summed E-state index contributed by atoms with van der Waals surface area (Å²) in [6.07, 6.45) is 4.92. The van der Waals surface area contributed by atoms with Crippen LogP contribution in [-0.2, 0) is 6.54 Å². The fraction of sp³-hybridized carbons (Fsp3) is 0.571. The number of halogens is 1. The predicted molar refractivity (Wildman–Crippen MR) is 73.7 cm³/mol. The van der Waals surface area contributed by atoms with E-state index in [0.29, 0.717) is 5.41 Å². The Labute approximate surface area is 112 Å². The van der Waals surface area contributed by atoms with Gasteiger partial charge in [0.05, 0.1) is 17.1 Å². The molecule has 96 valence electrons. The van der Waals surface area contributed by atoms with Crippen molar-refractivity contribution in [2.75, 3.05) is 0 Å². The third-order valence-corrected chi connectivity index (χ3v) is 4.25. The molecule has 2 atom stereocenters. The Bertz CT molecular complexity index is 586. The van der Waals surface area contributed by atoms with Gasteiger partial charge in [0.1, 0.15) is 11.3 Å². The molecule has 3 nitrogen and oxygen atoms in total. The Kier molecular flexibility index (Phi) is 2.63. The summed E-state index contributed by atoms with van der Waals surface area (Å²) in [7, 11) is 0. The summed E-state index contributed by atoms with van der Waals surface area (Å²) >= 11 is 6.25. The van der Waals surface area contributed by atoms with Crippen molar-refractivity contribution in [1.82, 2.24) is 14.5 Å². The van der Waals surface area contributed by atoms with Gasteiger partial charge in [-0.2, -0.15) is 0 Å². The first kappa shape index (κ1) is 12.0. The zero-order valence-electron chi connectivity index (χ0n) is 11.0. The van der Waals surface area contributed by atoms with Crippen molar-refractivity contribution < 1.29 is 0 Å². The molecule has 18 heavy (non-hydrogen) atoms. The summed E-state index contributed by atoms with van der Waals surface area (Å²) < 4.78 is 2.27. The molecule has 0 amide bonds. The molecule has 1 aliphatic carbocycles. The lowest BCUT2D eigenvalue weighted by Gasteiger charge is -2.11. The summed E-state index contributed by atoms with van der Waals surface area (Å²) in [5.74, 6) is 1.69. The van der Waals surface area contributed by atoms with E-state index in [9.17, 15) is 0 Å². The molecule has 0 saturated heterocycles. The van der Waals surface area contributed by atoms with Gasteiger partial charge in [0.25, 0.3) is 0 Å². The van der Waals surface area contributed by atoms with Gasteiger partial charge in [-0.05, 0) is 30.7 Å². The highest BCUT2D eigenvalue weighted by Crippen LogP contribution is 2.52. The molecule has 2 heterocycles. The van der Waals surface area contributed by atoms with E-state index < -0.39 is 0 Å². The van der Waals surface area contributed by atoms with Crippen LogP contribution in [-0.4, -0.2) is 14.5 Å². The van der Waals surface area contributed by atoms with Gasteiger partial charge in [-0.25, -0.2) is 4.98 Å². The maximum atomic E-state index is 6.25. The largest absolute Gasteiger partial charge is 0.326 e. The lowest BCUT2D eigenvalue weighted by Crippen LogP contribution is -2.08. The van der Waals surface area contributed by atoms with Gasteiger partial charge >= 0.3 is 0 Å². The summed E-state index contributed by atoms with van der Waals surface area (Å²) in [6, 6.07) is 2.03. The molecule has 2 aromatic heterocycles. The summed E-state index contributed by atoms with van der Waals surface area (Å²) in [5, 5.41) is -0.0701. The molecular formula is C14H18ClN3. The molecule has 1 fully saturated rings. The molecule has 0 aromatic carbocycles. The van der Waals surface area contributed by atoms with Gasteiger partial charge in [-0.15, -0.1) is 11.6 Å². The third kappa shape index (κ3) is 1.91. The van der Waals surface area contributed by atoms with E-state index in [1.54, 1.807) is 0 Å². The van der Waals surface area contributed by atoms with Crippen LogP contribution in [0, 0.1) is 11.3 Å². The van der Waals surface area contributed by atoms with Crippen molar-refractivity contribution in [3.05, 3.63) is 24.3 Å². The maximum Gasteiger partial charge on any atom is 0.127 e. The molecule has 3 rings (SSSR count). The number of hydrogen-bond acceptors (Lipinski definition) is 2. The van der Waals surface area contributed by atoms with E-state index in [4.69, 9.17) is 11.6 Å². The van der Waals surface area contributed by atoms with Gasteiger partial charge in [0.15, 0.2) is 0 Å². The first-order valence-electron chi connectivity index (χ1n) is 6.43. The highest BCUT2D eigenvalue weighted by molar-refractivity contribution is 6.20. The van der Waals surface area contributed by atoms with Crippen molar-refractivity contribution in [3.63, 3.8) is 0 Å². The first-order valence-corrected chi connectivity index (χ1v) is 6.87. The Morgan fingerprint density at radius 2 is 2.28 bits per heavy atom. The fourth-order valence-corrected chi connectivity index (χ4v) is 2.77. The number of fused-ring (bicyclic) bond motifs is 1. The number of pyridine rings is 1. The van der Waals surface area contributed by atoms with Crippen LogP contribution in [0.4, 0.5) is 0 Å². The summed E-state index contributed by atoms with van der Waals surface area (Å²) in [6.45, 7) is 7.63. The molecule has 0 bridgehead atoms. The minimum absolute atomic E-state index is 0.0701. The van der Waals surface area contributed by atoms with Crippen molar-refractivity contribution in [1.29, 1.82) is 0 Å². The second kappa shape index (κ2) is 3.95. The van der Waals surface area contributed by atoms with E-state index in [1.165, 1.54) is 6.42 Å². The zero-order chi connectivity index (χ0) is 12.9. The summed E-state index contributed by atoms with van der Waals surface area (Å²) in [5.41, 5.74) is 2.56. The average Bonchev–Trinajstić information content (AvgIpc) is 2.76. The second-order valence-electron chi connectivity index (χ2n) is 5.95. The monoisotopic (exact) mass is 263 g/mol. The molecule has 0 radical (unpaired) electrons. The molecular weight excluding hydrogens is 246 g/mol. The molecule has 0 spiro atoms. The standard InChI is InChI=1S/C14H18ClN3/c1-9(15)13-17-11-7-16-5-4-12(11)18(13)8-10-6-14(10,2)3/h4-5,7,9-10H,6,8H2,1-3H3. The Hall–Kier alpha value is -1.09. The van der Waals surface area contributed by atoms with Gasteiger partial charge in [-0.3, -0.25) is 4.98 Å². The Balaban J connectivity index is 2.04. The molecule has 1 saturated carbocycles. The van der Waals surface area contributed by atoms with E-state index in [0.717, 1.165) is 29.3 Å². The van der Waals surface area contributed by atoms with Crippen LogP contribution < -0.4 is 0 Å². The molecule has 1 aliphatic rings. The minimum atomic E-state index is -0.0701. The number of rotatable bonds is 3. The highest BCUT2D eigenvalue weighted by atomic mass is 35.5. The second-order valence-corrected chi connectivity index (χ2v) is 6.61. The van der Waals surface area contributed by atoms with Crippen LogP contribution in [0.3, 0.4) is 0 Å². The Morgan fingerprint density at radius 1 is 1.56 bits per heavy atom. The molecule has 0 aliphatic heterocycles. The van der Waals surface area contributed by atoms with Gasteiger partial charge in [0, 0.05) is 12.7 Å². The van der Waals surface area contributed by atoms with Crippen molar-refractivity contribution in [2.45, 2.75) is 39.1 Å². The third-order valence-electron chi connectivity index (χ3n) is 4.06. The minimum Gasteiger partial charge on any atom is -0.326 e. The molecule has 2 aromatic rings. The van der Waals surface area contributed by atoms with Gasteiger partial charge in [0.2, 0.25) is 0 Å². The highest BCUT2D eigenvalue weighted by Gasteiger charge is 2.45. The molecule has 0 N–H and O–H groups in total. The number of alkyl halides is 1. The maximum absolute atomic E-state index is 6.25. The van der Waals surface area contributed by atoms with E-state index in [2.05, 4.69) is 28.4 Å². The SMILES string of the molecule is CC(Cl)c1nc2cnccc2n1CC1CC1(C)C. The van der Waals surface area contributed by atoms with E-state index >= 15 is 0 Å². The van der Waals surface area contributed by atoms with Crippen LogP contribution >= 0.6 is 11.6 Å². The van der Waals surface area contributed by atoms with Crippen molar-refractivity contribution in [2.24, 2.45) is 11.3 Å². The smallest absolute Gasteiger partial charge is 0.127 e. The fourth-order valence-electron chi connectivity index (χ4n) is 2.60. The van der Waals surface area contributed by atoms with E-state index in [-0.39, 0.29) is 5.38 Å². The van der Waals surface area contributed by atoms with Crippen molar-refractivity contribution >= 4 is 22.6 Å². The van der Waals surface area contributed by atoms with E-state index in [1.807, 2.05) is 25.4 Å². The van der Waals surface area contributed by atoms with Crippen molar-refractivity contribution in [3.8, 4) is 0 Å². The van der Waals surface area contributed by atoms with Crippen LogP contribution in [0.2, 0.25) is 0 Å². The topological polar surface area (TPSA) is 30.7 Å². The van der Waals surface area contributed by atoms with Gasteiger partial charge in [-0.1, -0.05) is 13.8 Å². The number of aromatic nitrogens is 3. The lowest BCUT2D eigenvalue weighted by molar-refractivity contribution is 0.495. The number of nitrogens with zero attached hydrogens (tertiary/aromatic N) is 3. The number of imidazole rings is 1. The van der Waals surface area contributed by atoms with Crippen LogP contribution in [0.15, 0.2) is 18.5 Å². The van der Waals surface area contributed by atoms with Crippen LogP contribution in [0.5, 0.6) is 0 Å². The number of hydrogen-bond donors (Lipinski definition) is 0. The lowest BCUT2D eigenvalue weighted by atomic mass is 10.1. The molecule has 2 unspecified atom stereocenters. The summed E-state index contributed by atoms with van der Waals surface area (Å²) in [4.78, 5) is 8.74. The van der Waals surface area contributed by atoms with Crippen LogP contribution in [0.1, 0.15) is 38.4 Å². The first-order chi connectivity index (χ1) is 8.49. The van der Waals surface area contributed by atoms with Gasteiger partial charge < -0.3 is 4.57 Å². The average molecular weight is 264 g/mol. The van der Waals surface area contributed by atoms with Crippen LogP contribution in [0.25, 0.3) is 11.0 Å². The normalized spacial score (nSPS) is 23.2. The zero-order valence-corrected chi connectivity index (χ0v) is 11.8. The quantitative estimate of drug-likeness (QED) is 0.789. The Morgan fingerprint density at radius 3 is 2.89 bits per heavy atom. The molecule has 4 heteroatoms. The predicted octanol–water partition coefficient (Wildman–Crippen LogP) is 3.78.